The molecule has 0 unspecified atom stereocenters. The molecule has 0 aliphatic heterocycles. The minimum Gasteiger partial charge on any atom is -0.404 e. The molecule has 22 heavy (non-hydrogen) atoms. The first kappa shape index (κ1) is 16.9. The van der Waals surface area contributed by atoms with Crippen LogP contribution in [0.15, 0.2) is 0 Å². The highest BCUT2D eigenvalue weighted by Crippen LogP contribution is 2.25. The Hall–Kier alpha value is -1.50. The maximum Gasteiger partial charge on any atom is 0.125 e. The van der Waals surface area contributed by atoms with Crippen LogP contribution in [0.2, 0.25) is 5.02 Å². The Morgan fingerprint density at radius 3 is 2.82 bits per heavy atom. The molecular weight excluding hydrogens is 320 g/mol. The standard InChI is InChI=1S/C15H21ClN4OS/c1-8-11-10(7-17)13(14(18)19-5-4-6-21-3)22-15(11)20-9(2)12(8)16/h7,19H,4-6,17-18H2,1-3H3/b10-7-,14-13-. The lowest BCUT2D eigenvalue weighted by Crippen LogP contribution is -2.34. The molecule has 0 saturated carbocycles. The smallest absolute Gasteiger partial charge is 0.125 e. The molecule has 0 radical (unpaired) electrons. The van der Waals surface area contributed by atoms with Gasteiger partial charge in [-0.25, -0.2) is 4.98 Å². The van der Waals surface area contributed by atoms with Crippen LogP contribution in [-0.2, 0) is 4.74 Å². The predicted octanol–water partition coefficient (Wildman–Crippen LogP) is 0.914. The van der Waals surface area contributed by atoms with Gasteiger partial charge in [-0.05, 0) is 25.8 Å². The summed E-state index contributed by atoms with van der Waals surface area (Å²) in [6, 6.07) is 0. The van der Waals surface area contributed by atoms with Crippen LogP contribution in [0.4, 0.5) is 0 Å². The Morgan fingerprint density at radius 2 is 2.18 bits per heavy atom. The zero-order chi connectivity index (χ0) is 16.3. The highest BCUT2D eigenvalue weighted by Gasteiger charge is 2.12. The van der Waals surface area contributed by atoms with Crippen LogP contribution in [0, 0.1) is 13.8 Å². The summed E-state index contributed by atoms with van der Waals surface area (Å²) in [5.74, 6) is 0.601. The highest BCUT2D eigenvalue weighted by molar-refractivity contribution is 7.16. The van der Waals surface area contributed by atoms with Crippen molar-refractivity contribution in [3.63, 3.8) is 0 Å². The first-order valence-corrected chi connectivity index (χ1v) is 8.20. The van der Waals surface area contributed by atoms with Gasteiger partial charge in [0.05, 0.1) is 15.2 Å². The van der Waals surface area contributed by atoms with E-state index in [1.54, 1.807) is 13.3 Å². The molecular formula is C15H21ClN4OS. The lowest BCUT2D eigenvalue weighted by molar-refractivity contribution is 0.195. The molecule has 0 saturated heterocycles. The summed E-state index contributed by atoms with van der Waals surface area (Å²) >= 11 is 7.83. The molecule has 7 heteroatoms. The third-order valence-corrected chi connectivity index (χ3v) is 5.16. The lowest BCUT2D eigenvalue weighted by atomic mass is 10.1. The van der Waals surface area contributed by atoms with Crippen molar-refractivity contribution in [3.05, 3.63) is 26.0 Å². The van der Waals surface area contributed by atoms with Crippen molar-refractivity contribution in [2.24, 2.45) is 11.5 Å². The molecule has 5 N–H and O–H groups in total. The van der Waals surface area contributed by atoms with E-state index in [1.165, 1.54) is 11.3 Å². The molecule has 0 amide bonds. The van der Waals surface area contributed by atoms with E-state index in [0.717, 1.165) is 44.2 Å². The van der Waals surface area contributed by atoms with Gasteiger partial charge in [0.2, 0.25) is 0 Å². The number of hydrogen-bond donors (Lipinski definition) is 3. The minimum atomic E-state index is 0.601. The van der Waals surface area contributed by atoms with E-state index in [4.69, 9.17) is 27.8 Å². The number of aromatic nitrogens is 1. The SMILES string of the molecule is COCCCN/C(N)=c1\sc2nc(C)c(Cl)c(C)c2\c1=C\N. The maximum absolute atomic E-state index is 6.31. The van der Waals surface area contributed by atoms with Crippen molar-refractivity contribution >= 4 is 45.2 Å². The number of nitrogens with zero attached hydrogens (tertiary/aromatic N) is 1. The average Bonchev–Trinajstić information content (AvgIpc) is 2.87. The van der Waals surface area contributed by atoms with Gasteiger partial charge in [0, 0.05) is 37.1 Å². The van der Waals surface area contributed by atoms with Crippen molar-refractivity contribution in [1.82, 2.24) is 10.3 Å². The van der Waals surface area contributed by atoms with Gasteiger partial charge in [0.25, 0.3) is 0 Å². The molecule has 0 aliphatic rings. The summed E-state index contributed by atoms with van der Waals surface area (Å²) in [5.41, 5.74) is 13.8. The van der Waals surface area contributed by atoms with Crippen molar-refractivity contribution in [2.45, 2.75) is 20.3 Å². The zero-order valence-corrected chi connectivity index (χ0v) is 14.6. The molecule has 0 aromatic carbocycles. The fraction of sp³-hybridized carbons (Fsp3) is 0.400. The molecule has 2 aromatic rings. The van der Waals surface area contributed by atoms with Crippen LogP contribution in [0.3, 0.4) is 0 Å². The minimum absolute atomic E-state index is 0.601. The number of pyridine rings is 1. The number of halogens is 1. The number of nitrogens with one attached hydrogen (secondary N) is 1. The first-order valence-electron chi connectivity index (χ1n) is 7.01. The topological polar surface area (TPSA) is 86.2 Å². The van der Waals surface area contributed by atoms with Gasteiger partial charge >= 0.3 is 0 Å². The maximum atomic E-state index is 6.31. The van der Waals surface area contributed by atoms with Crippen LogP contribution >= 0.6 is 22.9 Å². The van der Waals surface area contributed by atoms with Crippen molar-refractivity contribution in [1.29, 1.82) is 0 Å². The van der Waals surface area contributed by atoms with Gasteiger partial charge in [0.15, 0.2) is 0 Å². The lowest BCUT2D eigenvalue weighted by Gasteiger charge is -2.04. The van der Waals surface area contributed by atoms with E-state index >= 15 is 0 Å². The van der Waals surface area contributed by atoms with Crippen molar-refractivity contribution in [2.75, 3.05) is 20.3 Å². The van der Waals surface area contributed by atoms with Crippen LogP contribution < -0.4 is 26.5 Å². The number of hydrogen-bond acceptors (Lipinski definition) is 6. The van der Waals surface area contributed by atoms with Gasteiger partial charge in [0.1, 0.15) is 10.7 Å². The largest absolute Gasteiger partial charge is 0.404 e. The van der Waals surface area contributed by atoms with E-state index in [-0.39, 0.29) is 0 Å². The average molecular weight is 341 g/mol. The molecule has 120 valence electrons. The summed E-state index contributed by atoms with van der Waals surface area (Å²) < 4.78 is 5.92. The van der Waals surface area contributed by atoms with E-state index in [0.29, 0.717) is 17.5 Å². The summed E-state index contributed by atoms with van der Waals surface area (Å²) in [5, 5.41) is 5.73. The number of nitrogens with two attached hydrogens (primary N) is 2. The fourth-order valence-electron chi connectivity index (χ4n) is 2.33. The second kappa shape index (κ2) is 7.17. The van der Waals surface area contributed by atoms with Crippen molar-refractivity contribution in [3.8, 4) is 0 Å². The van der Waals surface area contributed by atoms with Crippen LogP contribution in [0.1, 0.15) is 17.7 Å². The number of thiophene rings is 1. The Kier molecular flexibility index (Phi) is 5.50. The molecule has 2 heterocycles. The van der Waals surface area contributed by atoms with Crippen LogP contribution in [0.25, 0.3) is 22.2 Å². The summed E-state index contributed by atoms with van der Waals surface area (Å²) in [6.45, 7) is 5.31. The quantitative estimate of drug-likeness (QED) is 0.704. The molecule has 0 fully saturated rings. The third kappa shape index (κ3) is 3.14. The van der Waals surface area contributed by atoms with Crippen molar-refractivity contribution < 1.29 is 4.74 Å². The number of methoxy groups -OCH3 is 1. The Balaban J connectivity index is 2.58. The second-order valence-corrected chi connectivity index (χ2v) is 6.39. The predicted molar refractivity (Wildman–Crippen MR) is 94.1 cm³/mol. The monoisotopic (exact) mass is 340 g/mol. The van der Waals surface area contributed by atoms with Gasteiger partial charge in [-0.15, -0.1) is 11.3 Å². The molecule has 0 bridgehead atoms. The summed E-state index contributed by atoms with van der Waals surface area (Å²) in [4.78, 5) is 5.45. The molecule has 0 spiro atoms. The third-order valence-electron chi connectivity index (χ3n) is 3.47. The number of rotatable bonds is 5. The highest BCUT2D eigenvalue weighted by atomic mass is 35.5. The normalized spacial score (nSPS) is 13.7. The Labute approximate surface area is 138 Å². The van der Waals surface area contributed by atoms with E-state index in [9.17, 15) is 0 Å². The van der Waals surface area contributed by atoms with Crippen LogP contribution in [0.5, 0.6) is 0 Å². The molecule has 0 atom stereocenters. The van der Waals surface area contributed by atoms with Gasteiger partial charge in [-0.1, -0.05) is 11.6 Å². The van der Waals surface area contributed by atoms with E-state index < -0.39 is 0 Å². The molecule has 2 rings (SSSR count). The molecule has 0 aliphatic carbocycles. The van der Waals surface area contributed by atoms with Gasteiger partial charge < -0.3 is 21.5 Å². The summed E-state index contributed by atoms with van der Waals surface area (Å²) in [7, 11) is 1.68. The number of fused-ring (bicyclic) bond motifs is 1. The molecule has 5 nitrogen and oxygen atoms in total. The van der Waals surface area contributed by atoms with Crippen LogP contribution in [-0.4, -0.2) is 25.2 Å². The Morgan fingerprint density at radius 1 is 1.45 bits per heavy atom. The number of ether oxygens (including phenoxy) is 1. The summed E-state index contributed by atoms with van der Waals surface area (Å²) in [6.07, 6.45) is 2.45. The first-order chi connectivity index (χ1) is 10.5. The fourth-order valence-corrected chi connectivity index (χ4v) is 3.67. The number of aryl methyl sites for hydroxylation is 2. The van der Waals surface area contributed by atoms with E-state index in [1.807, 2.05) is 13.8 Å². The Bertz CT molecular complexity index is 800. The van der Waals surface area contributed by atoms with Gasteiger partial charge in [-0.3, -0.25) is 0 Å². The second-order valence-electron chi connectivity index (χ2n) is 5.01. The van der Waals surface area contributed by atoms with E-state index in [2.05, 4.69) is 10.3 Å². The zero-order valence-electron chi connectivity index (χ0n) is 13.0. The van der Waals surface area contributed by atoms with Gasteiger partial charge in [-0.2, -0.15) is 0 Å². The molecule has 2 aromatic heterocycles.